The summed E-state index contributed by atoms with van der Waals surface area (Å²) in [7, 11) is 0. The molecule has 0 aromatic heterocycles. The summed E-state index contributed by atoms with van der Waals surface area (Å²) in [4.78, 5) is 2.52. The molecule has 0 aliphatic carbocycles. The van der Waals surface area contributed by atoms with Crippen molar-refractivity contribution >= 4 is 17.3 Å². The van der Waals surface area contributed by atoms with Crippen molar-refractivity contribution in [2.45, 2.75) is 25.7 Å². The molecule has 16 heavy (non-hydrogen) atoms. The number of hydrogen-bond acceptors (Lipinski definition) is 2. The Hall–Kier alpha value is -0.730. The molecule has 1 fully saturated rings. The van der Waals surface area contributed by atoms with Crippen LogP contribution in [0.3, 0.4) is 0 Å². The summed E-state index contributed by atoms with van der Waals surface area (Å²) in [5.74, 6) is 0. The zero-order chi connectivity index (χ0) is 11.4. The molecule has 1 aromatic carbocycles. The first-order valence-electron chi connectivity index (χ1n) is 6.02. The highest BCUT2D eigenvalue weighted by Gasteiger charge is 2.10. The van der Waals surface area contributed by atoms with Crippen LogP contribution >= 0.6 is 11.6 Å². The number of piperidine rings is 1. The molecule has 0 bridgehead atoms. The van der Waals surface area contributed by atoms with Crippen LogP contribution in [0.1, 0.15) is 24.8 Å². The molecule has 1 heterocycles. The largest absolute Gasteiger partial charge is 0.399 e. The lowest BCUT2D eigenvalue weighted by molar-refractivity contribution is 0.231. The molecule has 0 spiro atoms. The second kappa shape index (κ2) is 5.55. The minimum atomic E-state index is 0.780. The summed E-state index contributed by atoms with van der Waals surface area (Å²) in [6, 6.07) is 5.73. The van der Waals surface area contributed by atoms with E-state index >= 15 is 0 Å². The van der Waals surface area contributed by atoms with E-state index in [0.29, 0.717) is 0 Å². The standard InChI is InChI=1S/C13H19ClN2/c14-12-4-5-13(15)11(10-12)6-9-16-7-2-1-3-8-16/h4-5,10H,1-3,6-9,15H2. The molecule has 0 radical (unpaired) electrons. The monoisotopic (exact) mass is 238 g/mol. The number of rotatable bonds is 3. The molecular formula is C13H19ClN2. The maximum Gasteiger partial charge on any atom is 0.0410 e. The lowest BCUT2D eigenvalue weighted by atomic mass is 10.1. The Morgan fingerprint density at radius 3 is 2.69 bits per heavy atom. The summed E-state index contributed by atoms with van der Waals surface area (Å²) < 4.78 is 0. The van der Waals surface area contributed by atoms with Gasteiger partial charge in [0, 0.05) is 17.3 Å². The Labute approximate surface area is 102 Å². The van der Waals surface area contributed by atoms with Crippen molar-refractivity contribution in [1.29, 1.82) is 0 Å². The predicted octanol–water partition coefficient (Wildman–Crippen LogP) is 2.95. The zero-order valence-corrected chi connectivity index (χ0v) is 10.3. The SMILES string of the molecule is Nc1ccc(Cl)cc1CCN1CCCCC1. The molecule has 1 aliphatic heterocycles. The molecule has 3 heteroatoms. The average Bonchev–Trinajstić information content (AvgIpc) is 2.32. The quantitative estimate of drug-likeness (QED) is 0.821. The molecule has 2 rings (SSSR count). The van der Waals surface area contributed by atoms with Gasteiger partial charge in [0.15, 0.2) is 0 Å². The fourth-order valence-corrected chi connectivity index (χ4v) is 2.45. The van der Waals surface area contributed by atoms with Gasteiger partial charge in [-0.1, -0.05) is 18.0 Å². The van der Waals surface area contributed by atoms with Crippen molar-refractivity contribution in [3.8, 4) is 0 Å². The first kappa shape index (κ1) is 11.7. The summed E-state index contributed by atoms with van der Waals surface area (Å²) in [6.07, 6.45) is 5.07. The van der Waals surface area contributed by atoms with E-state index in [1.807, 2.05) is 18.2 Å². The fraction of sp³-hybridized carbons (Fsp3) is 0.538. The van der Waals surface area contributed by atoms with E-state index in [-0.39, 0.29) is 0 Å². The van der Waals surface area contributed by atoms with Gasteiger partial charge in [-0.3, -0.25) is 0 Å². The van der Waals surface area contributed by atoms with Crippen LogP contribution < -0.4 is 5.73 Å². The highest BCUT2D eigenvalue weighted by atomic mass is 35.5. The number of nitrogens with two attached hydrogens (primary N) is 1. The molecule has 2 N–H and O–H groups in total. The van der Waals surface area contributed by atoms with Crippen LogP contribution in [-0.4, -0.2) is 24.5 Å². The fourth-order valence-electron chi connectivity index (χ4n) is 2.25. The van der Waals surface area contributed by atoms with Gasteiger partial charge in [0.25, 0.3) is 0 Å². The highest BCUT2D eigenvalue weighted by Crippen LogP contribution is 2.19. The number of nitrogens with zero attached hydrogens (tertiary/aromatic N) is 1. The number of anilines is 1. The molecule has 0 amide bonds. The van der Waals surface area contributed by atoms with E-state index in [4.69, 9.17) is 17.3 Å². The van der Waals surface area contributed by atoms with E-state index in [9.17, 15) is 0 Å². The highest BCUT2D eigenvalue weighted by molar-refractivity contribution is 6.30. The van der Waals surface area contributed by atoms with Crippen LogP contribution in [-0.2, 0) is 6.42 Å². The van der Waals surface area contributed by atoms with Crippen LogP contribution in [0.2, 0.25) is 5.02 Å². The average molecular weight is 239 g/mol. The lowest BCUT2D eigenvalue weighted by Crippen LogP contribution is -2.31. The first-order valence-corrected chi connectivity index (χ1v) is 6.40. The third kappa shape index (κ3) is 3.13. The number of hydrogen-bond donors (Lipinski definition) is 1. The second-order valence-corrected chi connectivity index (χ2v) is 4.93. The molecule has 0 atom stereocenters. The van der Waals surface area contributed by atoms with E-state index in [1.165, 1.54) is 37.9 Å². The van der Waals surface area contributed by atoms with Crippen LogP contribution in [0.15, 0.2) is 18.2 Å². The molecule has 1 aromatic rings. The van der Waals surface area contributed by atoms with Crippen molar-refractivity contribution in [3.63, 3.8) is 0 Å². The van der Waals surface area contributed by atoms with Gasteiger partial charge in [0.1, 0.15) is 0 Å². The van der Waals surface area contributed by atoms with Gasteiger partial charge in [-0.2, -0.15) is 0 Å². The van der Waals surface area contributed by atoms with Gasteiger partial charge in [-0.15, -0.1) is 0 Å². The minimum Gasteiger partial charge on any atom is -0.399 e. The van der Waals surface area contributed by atoms with Gasteiger partial charge in [0.2, 0.25) is 0 Å². The van der Waals surface area contributed by atoms with Gasteiger partial charge in [0.05, 0.1) is 0 Å². The van der Waals surface area contributed by atoms with Crippen LogP contribution in [0.25, 0.3) is 0 Å². The summed E-state index contributed by atoms with van der Waals surface area (Å²) in [5, 5.41) is 0.780. The lowest BCUT2D eigenvalue weighted by Gasteiger charge is -2.26. The van der Waals surface area contributed by atoms with E-state index in [2.05, 4.69) is 4.90 Å². The van der Waals surface area contributed by atoms with E-state index < -0.39 is 0 Å². The van der Waals surface area contributed by atoms with Crippen LogP contribution in [0.5, 0.6) is 0 Å². The molecule has 1 aliphatic rings. The number of nitrogen functional groups attached to an aromatic ring is 1. The van der Waals surface area contributed by atoms with Crippen LogP contribution in [0, 0.1) is 0 Å². The summed E-state index contributed by atoms with van der Waals surface area (Å²) in [6.45, 7) is 3.57. The molecule has 2 nitrogen and oxygen atoms in total. The molecule has 0 unspecified atom stereocenters. The topological polar surface area (TPSA) is 29.3 Å². The van der Waals surface area contributed by atoms with Crippen molar-refractivity contribution in [2.24, 2.45) is 0 Å². The molecule has 0 saturated carbocycles. The normalized spacial score (nSPS) is 17.6. The van der Waals surface area contributed by atoms with Gasteiger partial charge in [-0.05, 0) is 56.1 Å². The zero-order valence-electron chi connectivity index (χ0n) is 9.58. The van der Waals surface area contributed by atoms with E-state index in [0.717, 1.165) is 23.7 Å². The number of benzene rings is 1. The maximum atomic E-state index is 5.97. The Balaban J connectivity index is 1.90. The Morgan fingerprint density at radius 2 is 1.94 bits per heavy atom. The van der Waals surface area contributed by atoms with Gasteiger partial charge in [-0.25, -0.2) is 0 Å². The predicted molar refractivity (Wildman–Crippen MR) is 69.9 cm³/mol. The summed E-state index contributed by atoms with van der Waals surface area (Å²) in [5.41, 5.74) is 7.97. The number of halogens is 1. The van der Waals surface area contributed by atoms with Crippen molar-refractivity contribution < 1.29 is 0 Å². The summed E-state index contributed by atoms with van der Waals surface area (Å²) >= 11 is 5.97. The maximum absolute atomic E-state index is 5.97. The van der Waals surface area contributed by atoms with Gasteiger partial charge < -0.3 is 10.6 Å². The molecular weight excluding hydrogens is 220 g/mol. The Bertz CT molecular complexity index is 346. The van der Waals surface area contributed by atoms with Gasteiger partial charge >= 0.3 is 0 Å². The van der Waals surface area contributed by atoms with Crippen LogP contribution in [0.4, 0.5) is 5.69 Å². The van der Waals surface area contributed by atoms with Crippen molar-refractivity contribution in [2.75, 3.05) is 25.4 Å². The molecule has 1 saturated heterocycles. The first-order chi connectivity index (χ1) is 7.75. The third-order valence-electron chi connectivity index (χ3n) is 3.25. The smallest absolute Gasteiger partial charge is 0.0410 e. The minimum absolute atomic E-state index is 0.780. The Morgan fingerprint density at radius 1 is 1.19 bits per heavy atom. The number of likely N-dealkylation sites (tertiary alicyclic amines) is 1. The molecule has 88 valence electrons. The van der Waals surface area contributed by atoms with Crippen molar-refractivity contribution in [1.82, 2.24) is 4.90 Å². The Kier molecular flexibility index (Phi) is 4.08. The second-order valence-electron chi connectivity index (χ2n) is 4.50. The third-order valence-corrected chi connectivity index (χ3v) is 3.49. The van der Waals surface area contributed by atoms with Crippen molar-refractivity contribution in [3.05, 3.63) is 28.8 Å². The van der Waals surface area contributed by atoms with E-state index in [1.54, 1.807) is 0 Å².